The number of aromatic nitrogens is 2. The van der Waals surface area contributed by atoms with Crippen molar-refractivity contribution in [3.8, 4) is 56.2 Å². The summed E-state index contributed by atoms with van der Waals surface area (Å²) < 4.78 is 12.9. The van der Waals surface area contributed by atoms with E-state index in [0.29, 0.717) is 5.82 Å². The first-order chi connectivity index (χ1) is 31.2. The Bertz CT molecular complexity index is 3380. The summed E-state index contributed by atoms with van der Waals surface area (Å²) in [6.07, 6.45) is 0. The fourth-order valence-corrected chi connectivity index (χ4v) is 8.83. The molecule has 12 rings (SSSR count). The number of fused-ring (bicyclic) bond motifs is 6. The molecule has 0 unspecified atom stereocenters. The highest BCUT2D eigenvalue weighted by atomic mass is 16.3. The van der Waals surface area contributed by atoms with Gasteiger partial charge in [-0.05, 0) is 65.7 Å². The van der Waals surface area contributed by atoms with E-state index in [0.717, 1.165) is 111 Å². The molecule has 0 amide bonds. The summed E-state index contributed by atoms with van der Waals surface area (Å²) in [5.41, 5.74) is 15.7. The van der Waals surface area contributed by atoms with E-state index in [1.165, 1.54) is 0 Å². The summed E-state index contributed by atoms with van der Waals surface area (Å²) in [6.45, 7) is 0. The van der Waals surface area contributed by atoms with Gasteiger partial charge in [-0.1, -0.05) is 170 Å². The minimum absolute atomic E-state index is 0.689. The molecule has 12 aromatic rings. The standard InChI is InChI=1S/C58H37N3O2/c1-3-13-40(14-4-1)52-37-53(60-58(59-52)42-15-5-2-6-16-42)41-29-35-45(36-30-41)61(43-31-25-38(26-32-43)46-19-11-21-50-48-17-7-9-23-54(48)62-56(46)50)44-33-27-39(28-34-44)47-20-12-22-51-49-18-8-10-24-55(49)63-57(47)51/h1-37H. The molecule has 0 bridgehead atoms. The van der Waals surface area contributed by atoms with Gasteiger partial charge < -0.3 is 13.7 Å². The first kappa shape index (κ1) is 36.3. The molecule has 0 aliphatic carbocycles. The van der Waals surface area contributed by atoms with E-state index in [9.17, 15) is 0 Å². The van der Waals surface area contributed by atoms with Crippen molar-refractivity contribution < 1.29 is 8.83 Å². The lowest BCUT2D eigenvalue weighted by atomic mass is 10.0. The Morgan fingerprint density at radius 2 is 0.683 bits per heavy atom. The largest absolute Gasteiger partial charge is 0.455 e. The number of hydrogen-bond donors (Lipinski definition) is 0. The zero-order valence-corrected chi connectivity index (χ0v) is 34.0. The predicted octanol–water partition coefficient (Wildman–Crippen LogP) is 16.1. The van der Waals surface area contributed by atoms with Crippen LogP contribution in [0.15, 0.2) is 233 Å². The molecule has 0 aliphatic rings. The van der Waals surface area contributed by atoms with Crippen LogP contribution in [0.5, 0.6) is 0 Å². The van der Waals surface area contributed by atoms with Crippen LogP contribution in [0.25, 0.3) is 100 Å². The highest BCUT2D eigenvalue weighted by molar-refractivity contribution is 6.10. The zero-order valence-electron chi connectivity index (χ0n) is 34.0. The van der Waals surface area contributed by atoms with E-state index in [-0.39, 0.29) is 0 Å². The summed E-state index contributed by atoms with van der Waals surface area (Å²) in [4.78, 5) is 12.4. The third-order valence-corrected chi connectivity index (χ3v) is 11.9. The molecule has 0 atom stereocenters. The van der Waals surface area contributed by atoms with Crippen LogP contribution >= 0.6 is 0 Å². The van der Waals surface area contributed by atoms with Gasteiger partial charge in [-0.2, -0.15) is 0 Å². The maximum absolute atomic E-state index is 6.43. The number of furan rings is 2. The van der Waals surface area contributed by atoms with Gasteiger partial charge in [0.25, 0.3) is 0 Å². The molecule has 63 heavy (non-hydrogen) atoms. The van der Waals surface area contributed by atoms with Crippen LogP contribution < -0.4 is 4.90 Å². The Hall–Kier alpha value is -8.54. The van der Waals surface area contributed by atoms with E-state index in [1.54, 1.807) is 0 Å². The normalized spacial score (nSPS) is 11.5. The Kier molecular flexibility index (Phi) is 8.75. The van der Waals surface area contributed by atoms with Crippen LogP contribution in [-0.4, -0.2) is 9.97 Å². The first-order valence-electron chi connectivity index (χ1n) is 21.1. The van der Waals surface area contributed by atoms with Gasteiger partial charge in [-0.3, -0.25) is 0 Å². The number of hydrogen-bond acceptors (Lipinski definition) is 5. The van der Waals surface area contributed by atoms with Crippen LogP contribution in [0.2, 0.25) is 0 Å². The number of para-hydroxylation sites is 4. The molecule has 0 fully saturated rings. The number of nitrogens with zero attached hydrogens (tertiary/aromatic N) is 3. The van der Waals surface area contributed by atoms with Crippen molar-refractivity contribution in [1.29, 1.82) is 0 Å². The van der Waals surface area contributed by atoms with Crippen LogP contribution in [0.4, 0.5) is 17.1 Å². The molecule has 5 nitrogen and oxygen atoms in total. The number of anilines is 3. The van der Waals surface area contributed by atoms with Gasteiger partial charge in [-0.25, -0.2) is 9.97 Å². The second kappa shape index (κ2) is 15.2. The molecule has 3 heterocycles. The second-order valence-corrected chi connectivity index (χ2v) is 15.7. The average Bonchev–Trinajstić information content (AvgIpc) is 3.94. The van der Waals surface area contributed by atoms with Crippen LogP contribution in [0, 0.1) is 0 Å². The van der Waals surface area contributed by atoms with Crippen molar-refractivity contribution in [3.63, 3.8) is 0 Å². The highest BCUT2D eigenvalue weighted by Gasteiger charge is 2.18. The van der Waals surface area contributed by atoms with Crippen molar-refractivity contribution in [2.75, 3.05) is 4.90 Å². The van der Waals surface area contributed by atoms with Crippen molar-refractivity contribution in [2.45, 2.75) is 0 Å². The van der Waals surface area contributed by atoms with Crippen LogP contribution in [0.3, 0.4) is 0 Å². The second-order valence-electron chi connectivity index (χ2n) is 15.7. The van der Waals surface area contributed by atoms with Crippen LogP contribution in [0.1, 0.15) is 0 Å². The molecule has 9 aromatic carbocycles. The third kappa shape index (κ3) is 6.51. The quantitative estimate of drug-likeness (QED) is 0.153. The van der Waals surface area contributed by atoms with Gasteiger partial charge in [0.15, 0.2) is 5.82 Å². The lowest BCUT2D eigenvalue weighted by Crippen LogP contribution is -2.09. The van der Waals surface area contributed by atoms with E-state index in [1.807, 2.05) is 60.7 Å². The predicted molar refractivity (Wildman–Crippen MR) is 258 cm³/mol. The Labute approximate surface area is 363 Å². The Morgan fingerprint density at radius 1 is 0.302 bits per heavy atom. The summed E-state index contributed by atoms with van der Waals surface area (Å²) in [7, 11) is 0. The maximum Gasteiger partial charge on any atom is 0.160 e. The van der Waals surface area contributed by atoms with E-state index in [4.69, 9.17) is 18.8 Å². The summed E-state index contributed by atoms with van der Waals surface area (Å²) in [6, 6.07) is 77.9. The number of rotatable bonds is 8. The maximum atomic E-state index is 6.43. The lowest BCUT2D eigenvalue weighted by Gasteiger charge is -2.26. The highest BCUT2D eigenvalue weighted by Crippen LogP contribution is 2.42. The summed E-state index contributed by atoms with van der Waals surface area (Å²) in [5, 5.41) is 4.47. The van der Waals surface area contributed by atoms with Gasteiger partial charge >= 0.3 is 0 Å². The molecule has 0 aliphatic heterocycles. The van der Waals surface area contributed by atoms with Crippen molar-refractivity contribution in [2.24, 2.45) is 0 Å². The van der Waals surface area contributed by atoms with Gasteiger partial charge in [-0.15, -0.1) is 0 Å². The van der Waals surface area contributed by atoms with Crippen molar-refractivity contribution in [1.82, 2.24) is 9.97 Å². The fraction of sp³-hybridized carbons (Fsp3) is 0. The molecule has 5 heteroatoms. The topological polar surface area (TPSA) is 55.3 Å². The van der Waals surface area contributed by atoms with E-state index in [2.05, 4.69) is 169 Å². The minimum Gasteiger partial charge on any atom is -0.455 e. The molecular formula is C58H37N3O2. The molecular weight excluding hydrogens is 771 g/mol. The average molecular weight is 808 g/mol. The van der Waals surface area contributed by atoms with E-state index >= 15 is 0 Å². The van der Waals surface area contributed by atoms with Crippen LogP contribution in [-0.2, 0) is 0 Å². The molecule has 3 aromatic heterocycles. The molecule has 0 spiro atoms. The molecule has 0 saturated heterocycles. The molecule has 0 saturated carbocycles. The van der Waals surface area contributed by atoms with Gasteiger partial charge in [0.1, 0.15) is 22.3 Å². The van der Waals surface area contributed by atoms with Crippen molar-refractivity contribution in [3.05, 3.63) is 224 Å². The SMILES string of the molecule is c1ccc(-c2cc(-c3ccc(N(c4ccc(-c5cccc6c5oc5ccccc56)cc4)c4ccc(-c5cccc6c5oc5ccccc56)cc4)cc3)nc(-c3ccccc3)n2)cc1. The lowest BCUT2D eigenvalue weighted by molar-refractivity contribution is 0.669. The van der Waals surface area contributed by atoms with Gasteiger partial charge in [0, 0.05) is 66.4 Å². The molecule has 0 radical (unpaired) electrons. The Morgan fingerprint density at radius 3 is 1.16 bits per heavy atom. The molecule has 0 N–H and O–H groups in total. The monoisotopic (exact) mass is 807 g/mol. The van der Waals surface area contributed by atoms with E-state index < -0.39 is 0 Å². The summed E-state index contributed by atoms with van der Waals surface area (Å²) >= 11 is 0. The smallest absolute Gasteiger partial charge is 0.160 e. The molecule has 296 valence electrons. The first-order valence-corrected chi connectivity index (χ1v) is 21.1. The fourth-order valence-electron chi connectivity index (χ4n) is 8.83. The zero-order chi connectivity index (χ0) is 41.7. The number of benzene rings is 9. The minimum atomic E-state index is 0.689. The summed E-state index contributed by atoms with van der Waals surface area (Å²) in [5.74, 6) is 0.689. The van der Waals surface area contributed by atoms with Crippen molar-refractivity contribution >= 4 is 60.9 Å². The Balaban J connectivity index is 0.951. The van der Waals surface area contributed by atoms with Gasteiger partial charge in [0.2, 0.25) is 0 Å². The third-order valence-electron chi connectivity index (χ3n) is 11.9. The van der Waals surface area contributed by atoms with Gasteiger partial charge in [0.05, 0.1) is 11.4 Å².